The van der Waals surface area contributed by atoms with Crippen LogP contribution >= 0.6 is 0 Å². The summed E-state index contributed by atoms with van der Waals surface area (Å²) in [5.41, 5.74) is 6.98. The van der Waals surface area contributed by atoms with E-state index in [1.807, 2.05) is 25.1 Å². The Bertz CT molecular complexity index is 886. The highest BCUT2D eigenvalue weighted by molar-refractivity contribution is 5.98. The number of benzene rings is 2. The normalized spacial score (nSPS) is 16.1. The van der Waals surface area contributed by atoms with Crippen molar-refractivity contribution in [2.24, 2.45) is 5.73 Å². The van der Waals surface area contributed by atoms with Crippen molar-refractivity contribution in [2.75, 3.05) is 26.2 Å². The maximum atomic E-state index is 13.2. The molecule has 0 aliphatic carbocycles. The quantitative estimate of drug-likeness (QED) is 0.781. The molecule has 2 aromatic carbocycles. The molecule has 3 amide bonds. The predicted molar refractivity (Wildman–Crippen MR) is 112 cm³/mol. The Hall–Kier alpha value is -3.39. The number of carbonyl (C=O) groups is 3. The number of hydrogen-bond acceptors (Lipinski definition) is 5. The summed E-state index contributed by atoms with van der Waals surface area (Å²) in [5, 5.41) is 2.69. The number of nitrogens with zero attached hydrogens (tertiary/aromatic N) is 2. The molecule has 8 nitrogen and oxygen atoms in total. The van der Waals surface area contributed by atoms with E-state index in [-0.39, 0.29) is 19.0 Å². The van der Waals surface area contributed by atoms with Crippen LogP contribution in [0.5, 0.6) is 5.75 Å². The number of carbonyl (C=O) groups excluding carboxylic acids is 3. The fourth-order valence-electron chi connectivity index (χ4n) is 3.31. The van der Waals surface area contributed by atoms with Gasteiger partial charge in [0, 0.05) is 31.7 Å². The molecule has 1 heterocycles. The Labute approximate surface area is 175 Å². The number of hydrogen-bond donors (Lipinski definition) is 2. The fourth-order valence-corrected chi connectivity index (χ4v) is 3.31. The van der Waals surface area contributed by atoms with Gasteiger partial charge in [0.2, 0.25) is 0 Å². The van der Waals surface area contributed by atoms with E-state index >= 15 is 0 Å². The first kappa shape index (κ1) is 21.3. The molecule has 158 valence electrons. The van der Waals surface area contributed by atoms with Crippen molar-refractivity contribution in [3.8, 4) is 5.75 Å². The minimum absolute atomic E-state index is 0.240. The van der Waals surface area contributed by atoms with Crippen LogP contribution in [0.4, 0.5) is 4.79 Å². The number of aryl methyl sites for hydroxylation is 1. The second-order valence-corrected chi connectivity index (χ2v) is 7.05. The molecule has 1 aliphatic heterocycles. The molecule has 1 unspecified atom stereocenters. The van der Waals surface area contributed by atoms with E-state index in [0.717, 1.165) is 5.56 Å². The van der Waals surface area contributed by atoms with Crippen LogP contribution in [-0.2, 0) is 4.79 Å². The first-order valence-electron chi connectivity index (χ1n) is 9.90. The van der Waals surface area contributed by atoms with E-state index in [2.05, 4.69) is 5.32 Å². The fraction of sp³-hybridized carbons (Fsp3) is 0.318. The lowest BCUT2D eigenvalue weighted by Gasteiger charge is -2.42. The van der Waals surface area contributed by atoms with Crippen LogP contribution in [0.3, 0.4) is 0 Å². The van der Waals surface area contributed by atoms with Crippen LogP contribution in [0.25, 0.3) is 0 Å². The minimum Gasteiger partial charge on any atom is -0.410 e. The molecule has 2 aromatic rings. The molecule has 8 heteroatoms. The third kappa shape index (κ3) is 4.96. The van der Waals surface area contributed by atoms with Gasteiger partial charge in [-0.3, -0.25) is 14.5 Å². The van der Waals surface area contributed by atoms with Gasteiger partial charge in [-0.2, -0.15) is 0 Å². The van der Waals surface area contributed by atoms with Crippen molar-refractivity contribution >= 4 is 17.9 Å². The highest BCUT2D eigenvalue weighted by Gasteiger charge is 2.41. The maximum absolute atomic E-state index is 13.2. The van der Waals surface area contributed by atoms with E-state index in [1.54, 1.807) is 36.4 Å². The van der Waals surface area contributed by atoms with E-state index < -0.39 is 18.2 Å². The highest BCUT2D eigenvalue weighted by atomic mass is 16.6. The van der Waals surface area contributed by atoms with Gasteiger partial charge in [0.1, 0.15) is 5.75 Å². The third-order valence-electron chi connectivity index (χ3n) is 4.81. The predicted octanol–water partition coefficient (Wildman–Crippen LogP) is 1.74. The number of ether oxygens (including phenoxy) is 1. The molecule has 1 fully saturated rings. The van der Waals surface area contributed by atoms with Crippen LogP contribution in [0.1, 0.15) is 22.3 Å². The monoisotopic (exact) mass is 410 g/mol. The molecule has 0 radical (unpaired) electrons. The molecular weight excluding hydrogens is 384 g/mol. The van der Waals surface area contributed by atoms with Gasteiger partial charge in [0.15, 0.2) is 6.17 Å². The molecule has 30 heavy (non-hydrogen) atoms. The Morgan fingerprint density at radius 2 is 1.70 bits per heavy atom. The molecule has 3 rings (SSSR count). The second-order valence-electron chi connectivity index (χ2n) is 7.05. The summed E-state index contributed by atoms with van der Waals surface area (Å²) in [6.45, 7) is 3.06. The zero-order chi connectivity index (χ0) is 21.5. The zero-order valence-corrected chi connectivity index (χ0v) is 16.9. The molecule has 0 saturated carbocycles. The summed E-state index contributed by atoms with van der Waals surface area (Å²) in [4.78, 5) is 41.6. The first-order chi connectivity index (χ1) is 14.5. The number of amides is 3. The molecule has 0 spiro atoms. The van der Waals surface area contributed by atoms with Crippen LogP contribution < -0.4 is 15.8 Å². The topological polar surface area (TPSA) is 105 Å². The average molecular weight is 410 g/mol. The molecule has 0 bridgehead atoms. The molecule has 1 atom stereocenters. The standard InChI is InChI=1S/C22H26N4O4/c1-16-8-10-17(11-9-16)21(28)25-14-5-15-26(20(25)19(27)24-13-12-23)22(29)30-18-6-3-2-4-7-18/h2-4,6-11,20H,5,12-15,23H2,1H3,(H,24,27). The number of para-hydroxylation sites is 1. The summed E-state index contributed by atoms with van der Waals surface area (Å²) in [6, 6.07) is 15.7. The van der Waals surface area contributed by atoms with E-state index in [0.29, 0.717) is 30.8 Å². The van der Waals surface area contributed by atoms with E-state index in [9.17, 15) is 14.4 Å². The lowest BCUT2D eigenvalue weighted by atomic mass is 10.1. The van der Waals surface area contributed by atoms with Gasteiger partial charge >= 0.3 is 6.09 Å². The number of nitrogens with two attached hydrogens (primary N) is 1. The van der Waals surface area contributed by atoms with Gasteiger partial charge in [-0.15, -0.1) is 0 Å². The van der Waals surface area contributed by atoms with Crippen molar-refractivity contribution in [1.29, 1.82) is 0 Å². The smallest absolute Gasteiger partial charge is 0.410 e. The third-order valence-corrected chi connectivity index (χ3v) is 4.81. The van der Waals surface area contributed by atoms with Crippen molar-refractivity contribution in [1.82, 2.24) is 15.1 Å². The van der Waals surface area contributed by atoms with Crippen molar-refractivity contribution in [3.63, 3.8) is 0 Å². The summed E-state index contributed by atoms with van der Waals surface area (Å²) in [6.07, 6.45) is -1.27. The second kappa shape index (κ2) is 9.89. The van der Waals surface area contributed by atoms with Gasteiger partial charge in [-0.05, 0) is 37.6 Å². The van der Waals surface area contributed by atoms with Crippen molar-refractivity contribution < 1.29 is 19.1 Å². The first-order valence-corrected chi connectivity index (χ1v) is 9.90. The number of rotatable bonds is 5. The van der Waals surface area contributed by atoms with Gasteiger partial charge in [-0.1, -0.05) is 35.9 Å². The van der Waals surface area contributed by atoms with Gasteiger partial charge in [0.05, 0.1) is 0 Å². The van der Waals surface area contributed by atoms with Gasteiger partial charge < -0.3 is 20.7 Å². The maximum Gasteiger partial charge on any atom is 0.417 e. The van der Waals surface area contributed by atoms with Crippen LogP contribution in [0.15, 0.2) is 54.6 Å². The summed E-state index contributed by atoms with van der Waals surface area (Å²) < 4.78 is 5.43. The SMILES string of the molecule is Cc1ccc(C(=O)N2CCCN(C(=O)Oc3ccccc3)C2C(=O)NCCN)cc1. The lowest BCUT2D eigenvalue weighted by molar-refractivity contribution is -0.132. The van der Waals surface area contributed by atoms with Crippen LogP contribution in [0, 0.1) is 6.92 Å². The summed E-state index contributed by atoms with van der Waals surface area (Å²) >= 11 is 0. The lowest BCUT2D eigenvalue weighted by Crippen LogP contribution is -2.64. The number of nitrogens with one attached hydrogen (secondary N) is 1. The molecule has 1 aliphatic rings. The minimum atomic E-state index is -1.12. The Kier molecular flexibility index (Phi) is 7.03. The van der Waals surface area contributed by atoms with Gasteiger partial charge in [-0.25, -0.2) is 4.79 Å². The Morgan fingerprint density at radius 3 is 2.37 bits per heavy atom. The summed E-state index contributed by atoms with van der Waals surface area (Å²) in [7, 11) is 0. The molecule has 3 N–H and O–H groups in total. The highest BCUT2D eigenvalue weighted by Crippen LogP contribution is 2.21. The molecule has 1 saturated heterocycles. The van der Waals surface area contributed by atoms with Crippen molar-refractivity contribution in [3.05, 3.63) is 65.7 Å². The average Bonchev–Trinajstić information content (AvgIpc) is 2.77. The Balaban J connectivity index is 1.86. The van der Waals surface area contributed by atoms with Gasteiger partial charge in [0.25, 0.3) is 11.8 Å². The summed E-state index contributed by atoms with van der Waals surface area (Å²) in [5.74, 6) is -0.420. The van der Waals surface area contributed by atoms with Crippen LogP contribution in [-0.4, -0.2) is 60.1 Å². The van der Waals surface area contributed by atoms with Crippen molar-refractivity contribution in [2.45, 2.75) is 19.5 Å². The zero-order valence-electron chi connectivity index (χ0n) is 16.9. The largest absolute Gasteiger partial charge is 0.417 e. The Morgan fingerprint density at radius 1 is 1.03 bits per heavy atom. The van der Waals surface area contributed by atoms with E-state index in [4.69, 9.17) is 10.5 Å². The van der Waals surface area contributed by atoms with E-state index in [1.165, 1.54) is 9.80 Å². The molecule has 0 aromatic heterocycles. The molecular formula is C22H26N4O4. The van der Waals surface area contributed by atoms with Crippen LogP contribution in [0.2, 0.25) is 0 Å².